The van der Waals surface area contributed by atoms with Gasteiger partial charge in [-0.25, -0.2) is 0 Å². The Morgan fingerprint density at radius 2 is 2.38 bits per heavy atom. The first-order valence-corrected chi connectivity index (χ1v) is 6.54. The van der Waals surface area contributed by atoms with Crippen LogP contribution in [0.4, 0.5) is 0 Å². The molecule has 13 heavy (non-hydrogen) atoms. The SMILES string of the molecule is O=C1Cc2cc(Cl)sc2CCC1I. The minimum Gasteiger partial charge on any atom is -0.298 e. The molecule has 1 aliphatic rings. The van der Waals surface area contributed by atoms with Crippen LogP contribution < -0.4 is 0 Å². The maximum atomic E-state index is 11.5. The van der Waals surface area contributed by atoms with Gasteiger partial charge in [0.1, 0.15) is 5.78 Å². The molecule has 1 nitrogen and oxygen atoms in total. The van der Waals surface area contributed by atoms with Crippen molar-refractivity contribution >= 4 is 51.3 Å². The summed E-state index contributed by atoms with van der Waals surface area (Å²) in [5, 5.41) is 0. The lowest BCUT2D eigenvalue weighted by Crippen LogP contribution is -2.13. The van der Waals surface area contributed by atoms with Crippen LogP contribution in [-0.2, 0) is 17.6 Å². The third-order valence-electron chi connectivity index (χ3n) is 2.21. The van der Waals surface area contributed by atoms with E-state index in [1.54, 1.807) is 11.3 Å². The number of hydrogen-bond acceptors (Lipinski definition) is 2. The van der Waals surface area contributed by atoms with E-state index in [1.165, 1.54) is 4.88 Å². The van der Waals surface area contributed by atoms with E-state index >= 15 is 0 Å². The number of rotatable bonds is 0. The highest BCUT2D eigenvalue weighted by molar-refractivity contribution is 14.1. The maximum absolute atomic E-state index is 11.5. The van der Waals surface area contributed by atoms with Crippen LogP contribution in [0.15, 0.2) is 6.07 Å². The average molecular weight is 327 g/mol. The fraction of sp³-hybridized carbons (Fsp3) is 0.444. The standard InChI is InChI=1S/C9H8ClIOS/c10-9-4-5-3-7(12)6(11)1-2-8(5)13-9/h4,6H,1-3H2. The molecule has 70 valence electrons. The number of ketones is 1. The van der Waals surface area contributed by atoms with Gasteiger partial charge in [-0.2, -0.15) is 0 Å². The van der Waals surface area contributed by atoms with Gasteiger partial charge in [0.05, 0.1) is 8.26 Å². The Kier molecular flexibility index (Phi) is 2.95. The van der Waals surface area contributed by atoms with Gasteiger partial charge in [-0.1, -0.05) is 34.2 Å². The second-order valence-electron chi connectivity index (χ2n) is 3.15. The van der Waals surface area contributed by atoms with Crippen LogP contribution in [0.2, 0.25) is 4.34 Å². The molecule has 0 amide bonds. The number of aryl methyl sites for hydroxylation is 1. The first-order chi connectivity index (χ1) is 6.16. The predicted octanol–water partition coefficient (Wildman–Crippen LogP) is 3.26. The normalized spacial score (nSPS) is 22.6. The Hall–Kier alpha value is 0.390. The van der Waals surface area contributed by atoms with E-state index in [4.69, 9.17) is 11.6 Å². The van der Waals surface area contributed by atoms with Gasteiger partial charge in [0, 0.05) is 11.3 Å². The quantitative estimate of drug-likeness (QED) is 0.406. The maximum Gasteiger partial charge on any atom is 0.150 e. The molecule has 0 aliphatic heterocycles. The van der Waals surface area contributed by atoms with E-state index in [2.05, 4.69) is 22.6 Å². The van der Waals surface area contributed by atoms with Crippen LogP contribution in [-0.4, -0.2) is 9.71 Å². The van der Waals surface area contributed by atoms with Crippen molar-refractivity contribution in [3.63, 3.8) is 0 Å². The van der Waals surface area contributed by atoms with Crippen LogP contribution in [0.25, 0.3) is 0 Å². The lowest BCUT2D eigenvalue weighted by molar-refractivity contribution is -0.117. The van der Waals surface area contributed by atoms with E-state index in [1.807, 2.05) is 6.07 Å². The summed E-state index contributed by atoms with van der Waals surface area (Å²) in [6.07, 6.45) is 2.54. The predicted molar refractivity (Wildman–Crippen MR) is 64.2 cm³/mol. The zero-order chi connectivity index (χ0) is 9.42. The Labute approximate surface area is 99.6 Å². The van der Waals surface area contributed by atoms with Gasteiger partial charge < -0.3 is 0 Å². The molecule has 0 saturated carbocycles. The van der Waals surface area contributed by atoms with Crippen molar-refractivity contribution in [3.8, 4) is 0 Å². The second kappa shape index (κ2) is 3.87. The number of hydrogen-bond donors (Lipinski definition) is 0. The molecule has 1 heterocycles. The molecule has 4 heteroatoms. The van der Waals surface area contributed by atoms with E-state index in [-0.39, 0.29) is 3.92 Å². The van der Waals surface area contributed by atoms with Crippen molar-refractivity contribution in [2.75, 3.05) is 0 Å². The molecule has 0 radical (unpaired) electrons. The number of carbonyl (C=O) groups excluding carboxylic acids is 1. The highest BCUT2D eigenvalue weighted by atomic mass is 127. The Morgan fingerprint density at radius 1 is 1.62 bits per heavy atom. The van der Waals surface area contributed by atoms with Crippen LogP contribution in [0.5, 0.6) is 0 Å². The summed E-state index contributed by atoms with van der Waals surface area (Å²) in [7, 11) is 0. The molecule has 2 rings (SSSR count). The Balaban J connectivity index is 2.33. The monoisotopic (exact) mass is 326 g/mol. The summed E-state index contributed by atoms with van der Waals surface area (Å²) >= 11 is 9.75. The lowest BCUT2D eigenvalue weighted by atomic mass is 10.1. The Morgan fingerprint density at radius 3 is 3.15 bits per heavy atom. The molecule has 0 N–H and O–H groups in total. The average Bonchev–Trinajstić information content (AvgIpc) is 2.36. The third kappa shape index (κ3) is 2.07. The molecule has 1 aromatic heterocycles. The van der Waals surface area contributed by atoms with Gasteiger partial charge in [0.15, 0.2) is 0 Å². The first-order valence-electron chi connectivity index (χ1n) is 4.10. The molecular weight excluding hydrogens is 319 g/mol. The second-order valence-corrected chi connectivity index (χ2v) is 6.42. The molecule has 0 bridgehead atoms. The molecule has 0 aromatic carbocycles. The zero-order valence-corrected chi connectivity index (χ0v) is 10.6. The summed E-state index contributed by atoms with van der Waals surface area (Å²) < 4.78 is 1.00. The van der Waals surface area contributed by atoms with Crippen molar-refractivity contribution in [1.82, 2.24) is 0 Å². The van der Waals surface area contributed by atoms with Crippen molar-refractivity contribution < 1.29 is 4.79 Å². The highest BCUT2D eigenvalue weighted by Crippen LogP contribution is 2.32. The third-order valence-corrected chi connectivity index (χ3v) is 4.89. The van der Waals surface area contributed by atoms with Crippen LogP contribution in [0.1, 0.15) is 16.9 Å². The van der Waals surface area contributed by atoms with E-state index in [0.29, 0.717) is 12.2 Å². The molecule has 0 saturated heterocycles. The van der Waals surface area contributed by atoms with Gasteiger partial charge in [0.2, 0.25) is 0 Å². The van der Waals surface area contributed by atoms with Crippen molar-refractivity contribution in [2.45, 2.75) is 23.2 Å². The minimum atomic E-state index is 0.191. The molecule has 1 aromatic rings. The fourth-order valence-electron chi connectivity index (χ4n) is 1.51. The zero-order valence-electron chi connectivity index (χ0n) is 6.85. The summed E-state index contributed by atoms with van der Waals surface area (Å²) in [5.74, 6) is 0.341. The molecule has 0 fully saturated rings. The topological polar surface area (TPSA) is 17.1 Å². The van der Waals surface area contributed by atoms with Gasteiger partial charge in [0.25, 0.3) is 0 Å². The summed E-state index contributed by atoms with van der Waals surface area (Å²) in [6.45, 7) is 0. The van der Waals surface area contributed by atoms with Gasteiger partial charge >= 0.3 is 0 Å². The van der Waals surface area contributed by atoms with Crippen LogP contribution in [0.3, 0.4) is 0 Å². The van der Waals surface area contributed by atoms with Crippen molar-refractivity contribution in [1.29, 1.82) is 0 Å². The Bertz CT molecular complexity index is 347. The number of Topliss-reactive ketones (excluding diaryl/α,β-unsaturated/α-hetero) is 1. The summed E-state index contributed by atoms with van der Waals surface area (Å²) in [4.78, 5) is 12.8. The summed E-state index contributed by atoms with van der Waals surface area (Å²) in [6, 6.07) is 1.94. The fourth-order valence-corrected chi connectivity index (χ4v) is 3.37. The lowest BCUT2D eigenvalue weighted by Gasteiger charge is -2.01. The first kappa shape index (κ1) is 9.93. The molecule has 1 unspecified atom stereocenters. The molecular formula is C9H8ClIOS. The molecule has 1 atom stereocenters. The minimum absolute atomic E-state index is 0.191. The largest absolute Gasteiger partial charge is 0.298 e. The smallest absolute Gasteiger partial charge is 0.150 e. The van der Waals surface area contributed by atoms with E-state index in [0.717, 1.165) is 22.7 Å². The highest BCUT2D eigenvalue weighted by Gasteiger charge is 2.22. The number of carbonyl (C=O) groups is 1. The van der Waals surface area contributed by atoms with Crippen LogP contribution >= 0.6 is 45.5 Å². The number of fused-ring (bicyclic) bond motifs is 1. The number of alkyl halides is 1. The molecule has 0 spiro atoms. The van der Waals surface area contributed by atoms with Gasteiger partial charge in [-0.05, 0) is 24.5 Å². The van der Waals surface area contributed by atoms with Crippen LogP contribution in [0, 0.1) is 0 Å². The number of halogens is 2. The van der Waals surface area contributed by atoms with Crippen molar-refractivity contribution in [3.05, 3.63) is 20.8 Å². The van der Waals surface area contributed by atoms with Crippen molar-refractivity contribution in [2.24, 2.45) is 0 Å². The summed E-state index contributed by atoms with van der Waals surface area (Å²) in [5.41, 5.74) is 1.15. The van der Waals surface area contributed by atoms with Gasteiger partial charge in [-0.15, -0.1) is 11.3 Å². The number of thiophene rings is 1. The van der Waals surface area contributed by atoms with E-state index < -0.39 is 0 Å². The van der Waals surface area contributed by atoms with Gasteiger partial charge in [-0.3, -0.25) is 4.79 Å². The van der Waals surface area contributed by atoms with E-state index in [9.17, 15) is 4.79 Å². The molecule has 1 aliphatic carbocycles.